The van der Waals surface area contributed by atoms with Gasteiger partial charge in [0.15, 0.2) is 0 Å². The van der Waals surface area contributed by atoms with Crippen LogP contribution < -0.4 is 0 Å². The first-order chi connectivity index (χ1) is 5.98. The van der Waals surface area contributed by atoms with E-state index in [1.165, 1.54) is 25.0 Å². The molecule has 0 aromatic rings. The van der Waals surface area contributed by atoms with E-state index in [0.29, 0.717) is 5.54 Å². The van der Waals surface area contributed by atoms with Crippen molar-refractivity contribution in [2.45, 2.75) is 43.9 Å². The molecule has 2 heteroatoms. The molecule has 1 nitrogen and oxygen atoms in total. The zero-order valence-electron chi connectivity index (χ0n) is 9.76. The first-order valence-corrected chi connectivity index (χ1v) is 6.46. The predicted octanol–water partition coefficient (Wildman–Crippen LogP) is 2.76. The van der Waals surface area contributed by atoms with Crippen LogP contribution in [0.15, 0.2) is 0 Å². The van der Waals surface area contributed by atoms with E-state index in [9.17, 15) is 0 Å². The summed E-state index contributed by atoms with van der Waals surface area (Å²) >= 11 is 2.16. The molecule has 1 heterocycles. The molecule has 0 saturated carbocycles. The van der Waals surface area contributed by atoms with Crippen molar-refractivity contribution in [2.75, 3.05) is 26.9 Å². The summed E-state index contributed by atoms with van der Waals surface area (Å²) in [6.07, 6.45) is 4.05. The third-order valence-electron chi connectivity index (χ3n) is 3.52. The van der Waals surface area contributed by atoms with Gasteiger partial charge in [0.25, 0.3) is 0 Å². The zero-order valence-corrected chi connectivity index (χ0v) is 10.6. The Hall–Kier alpha value is 0.310. The van der Waals surface area contributed by atoms with E-state index in [1.54, 1.807) is 0 Å². The quantitative estimate of drug-likeness (QED) is 0.632. The van der Waals surface area contributed by atoms with Gasteiger partial charge in [-0.05, 0) is 6.42 Å². The summed E-state index contributed by atoms with van der Waals surface area (Å²) in [6.45, 7) is 4.64. The van der Waals surface area contributed by atoms with Gasteiger partial charge in [0.1, 0.15) is 5.54 Å². The molecule has 0 aromatic carbocycles. The molecule has 1 rings (SSSR count). The van der Waals surface area contributed by atoms with Crippen LogP contribution in [0.5, 0.6) is 0 Å². The number of quaternary nitrogens is 1. The molecule has 0 amide bonds. The van der Waals surface area contributed by atoms with E-state index in [1.807, 2.05) is 0 Å². The third kappa shape index (κ3) is 1.75. The lowest BCUT2D eigenvalue weighted by Crippen LogP contribution is -2.69. The van der Waals surface area contributed by atoms with Gasteiger partial charge < -0.3 is 4.48 Å². The van der Waals surface area contributed by atoms with Crippen LogP contribution in [0.1, 0.15) is 33.1 Å². The number of nitrogens with zero attached hydrogens (tertiary/aromatic N) is 1. The van der Waals surface area contributed by atoms with Gasteiger partial charge in [-0.2, -0.15) is 0 Å². The first kappa shape index (κ1) is 11.4. The van der Waals surface area contributed by atoms with Gasteiger partial charge in [-0.15, -0.1) is 11.8 Å². The van der Waals surface area contributed by atoms with Crippen molar-refractivity contribution in [3.05, 3.63) is 0 Å². The fraction of sp³-hybridized carbons (Fsp3) is 1.00. The molecule has 0 aliphatic carbocycles. The fourth-order valence-electron chi connectivity index (χ4n) is 2.52. The van der Waals surface area contributed by atoms with E-state index in [0.717, 1.165) is 9.73 Å². The molecule has 0 aromatic heterocycles. The van der Waals surface area contributed by atoms with Crippen LogP contribution in [0.25, 0.3) is 0 Å². The predicted molar refractivity (Wildman–Crippen MR) is 62.2 cm³/mol. The summed E-state index contributed by atoms with van der Waals surface area (Å²) in [7, 11) is 7.08. The van der Waals surface area contributed by atoms with Crippen LogP contribution in [-0.4, -0.2) is 42.2 Å². The molecule has 0 spiro atoms. The average Bonchev–Trinajstić information content (AvgIpc) is 1.96. The average molecular weight is 202 g/mol. The lowest BCUT2D eigenvalue weighted by atomic mass is 9.85. The summed E-state index contributed by atoms with van der Waals surface area (Å²) in [4.78, 5) is 0. The van der Waals surface area contributed by atoms with Crippen LogP contribution in [0.2, 0.25) is 0 Å². The van der Waals surface area contributed by atoms with Crippen molar-refractivity contribution in [3.63, 3.8) is 0 Å². The summed E-state index contributed by atoms with van der Waals surface area (Å²) in [5.41, 5.74) is 0.578. The number of hydrogen-bond acceptors (Lipinski definition) is 1. The second kappa shape index (κ2) is 3.82. The van der Waals surface area contributed by atoms with E-state index < -0.39 is 0 Å². The minimum atomic E-state index is 0.578. The van der Waals surface area contributed by atoms with Gasteiger partial charge in [0.2, 0.25) is 0 Å². The highest BCUT2D eigenvalue weighted by Gasteiger charge is 2.55. The number of thioether (sulfide) groups is 1. The van der Waals surface area contributed by atoms with Gasteiger partial charge in [0, 0.05) is 6.42 Å². The Balaban J connectivity index is 2.76. The zero-order chi connectivity index (χ0) is 10.1. The minimum absolute atomic E-state index is 0.578. The molecule has 1 aliphatic rings. The maximum Gasteiger partial charge on any atom is 0.120 e. The number of rotatable bonds is 4. The van der Waals surface area contributed by atoms with Gasteiger partial charge >= 0.3 is 0 Å². The summed E-state index contributed by atoms with van der Waals surface area (Å²) < 4.78 is 1.15. The molecule has 1 fully saturated rings. The number of hydrogen-bond donors (Lipinski definition) is 0. The normalized spacial score (nSPS) is 34.4. The minimum Gasteiger partial charge on any atom is -0.324 e. The second-order valence-corrected chi connectivity index (χ2v) is 6.26. The summed E-state index contributed by atoms with van der Waals surface area (Å²) in [5, 5.41) is 0.896. The Labute approximate surface area is 87.5 Å². The molecule has 1 saturated heterocycles. The Morgan fingerprint density at radius 3 is 2.15 bits per heavy atom. The molecule has 2 unspecified atom stereocenters. The molecule has 1 aliphatic heterocycles. The molecule has 0 bridgehead atoms. The molecule has 0 N–H and O–H groups in total. The van der Waals surface area contributed by atoms with E-state index in [-0.39, 0.29) is 0 Å². The van der Waals surface area contributed by atoms with E-state index in [2.05, 4.69) is 46.8 Å². The molecule has 0 radical (unpaired) electrons. The van der Waals surface area contributed by atoms with Gasteiger partial charge in [-0.3, -0.25) is 0 Å². The summed E-state index contributed by atoms with van der Waals surface area (Å²) in [6, 6.07) is 0. The smallest absolute Gasteiger partial charge is 0.120 e. The van der Waals surface area contributed by atoms with Crippen LogP contribution in [-0.2, 0) is 0 Å². The Bertz CT molecular complexity index is 171. The Morgan fingerprint density at radius 2 is 1.92 bits per heavy atom. The molecular formula is C11H24NS+. The van der Waals surface area contributed by atoms with Crippen molar-refractivity contribution in [2.24, 2.45) is 0 Å². The van der Waals surface area contributed by atoms with Crippen LogP contribution in [0.4, 0.5) is 0 Å². The second-order valence-electron chi connectivity index (χ2n) is 5.07. The lowest BCUT2D eigenvalue weighted by molar-refractivity contribution is -0.922. The van der Waals surface area contributed by atoms with Crippen LogP contribution in [0, 0.1) is 0 Å². The van der Waals surface area contributed by atoms with Crippen molar-refractivity contribution in [1.82, 2.24) is 0 Å². The molecule has 78 valence electrons. The highest BCUT2D eigenvalue weighted by Crippen LogP contribution is 2.48. The summed E-state index contributed by atoms with van der Waals surface area (Å²) in [5.74, 6) is 1.36. The molecular weight excluding hydrogens is 178 g/mol. The maximum atomic E-state index is 2.36. The van der Waals surface area contributed by atoms with Gasteiger partial charge in [-0.25, -0.2) is 0 Å². The lowest BCUT2D eigenvalue weighted by Gasteiger charge is -2.56. The molecule has 13 heavy (non-hydrogen) atoms. The third-order valence-corrected chi connectivity index (χ3v) is 5.36. The monoisotopic (exact) mass is 202 g/mol. The topological polar surface area (TPSA) is 0 Å². The standard InChI is InChI=1S/C11H24NS/c1-6-8-11(12(3,4)5)9-13-10(11)7-2/h10H,6-9H2,1-5H3/q+1. The Kier molecular flexibility index (Phi) is 3.34. The maximum absolute atomic E-state index is 2.36. The Morgan fingerprint density at radius 1 is 1.31 bits per heavy atom. The first-order valence-electron chi connectivity index (χ1n) is 5.41. The molecule has 2 atom stereocenters. The highest BCUT2D eigenvalue weighted by atomic mass is 32.2. The van der Waals surface area contributed by atoms with Crippen molar-refractivity contribution in [1.29, 1.82) is 0 Å². The van der Waals surface area contributed by atoms with Gasteiger partial charge in [0.05, 0.1) is 32.1 Å². The van der Waals surface area contributed by atoms with Crippen LogP contribution >= 0.6 is 11.8 Å². The van der Waals surface area contributed by atoms with E-state index >= 15 is 0 Å². The largest absolute Gasteiger partial charge is 0.324 e. The van der Waals surface area contributed by atoms with Crippen molar-refractivity contribution in [3.8, 4) is 0 Å². The SMILES string of the molecule is CCCC1([N+](C)(C)C)CSC1CC. The van der Waals surface area contributed by atoms with E-state index in [4.69, 9.17) is 0 Å². The van der Waals surface area contributed by atoms with Crippen molar-refractivity contribution >= 4 is 11.8 Å². The fourth-order valence-corrected chi connectivity index (χ4v) is 4.51. The van der Waals surface area contributed by atoms with Gasteiger partial charge in [-0.1, -0.05) is 20.3 Å². The van der Waals surface area contributed by atoms with Crippen LogP contribution in [0.3, 0.4) is 0 Å². The van der Waals surface area contributed by atoms with Crippen molar-refractivity contribution < 1.29 is 4.48 Å². The highest BCUT2D eigenvalue weighted by molar-refractivity contribution is 8.01.